The van der Waals surface area contributed by atoms with E-state index in [1.807, 2.05) is 48.1 Å². The van der Waals surface area contributed by atoms with Gasteiger partial charge >= 0.3 is 0 Å². The zero-order valence-corrected chi connectivity index (χ0v) is 20.7. The first-order chi connectivity index (χ1) is 17.4. The maximum Gasteiger partial charge on any atom is 0.274 e. The summed E-state index contributed by atoms with van der Waals surface area (Å²) >= 11 is 0. The average molecular weight is 483 g/mol. The third-order valence-electron chi connectivity index (χ3n) is 7.00. The minimum absolute atomic E-state index is 0.260. The molecule has 0 spiro atoms. The van der Waals surface area contributed by atoms with E-state index < -0.39 is 0 Å². The number of H-pyrrole nitrogens is 1. The van der Waals surface area contributed by atoms with Gasteiger partial charge in [0.25, 0.3) is 5.91 Å². The molecule has 3 aromatic heterocycles. The predicted molar refractivity (Wildman–Crippen MR) is 137 cm³/mol. The van der Waals surface area contributed by atoms with Crippen LogP contribution in [0.15, 0.2) is 48.9 Å². The number of hydrogen-bond acceptors (Lipinski definition) is 6. The first-order valence-electron chi connectivity index (χ1n) is 12.2. The molecule has 0 unspecified atom stereocenters. The van der Waals surface area contributed by atoms with Crippen LogP contribution in [0, 0.1) is 17.2 Å². The van der Waals surface area contributed by atoms with Crippen LogP contribution >= 0.6 is 0 Å². The summed E-state index contributed by atoms with van der Waals surface area (Å²) < 4.78 is 1.94. The lowest BCUT2D eigenvalue weighted by Crippen LogP contribution is -2.44. The Morgan fingerprint density at radius 3 is 2.86 bits per heavy atom. The second kappa shape index (κ2) is 9.55. The van der Waals surface area contributed by atoms with Crippen LogP contribution in [-0.2, 0) is 19.0 Å². The Hall–Kier alpha value is -4.03. The number of carbonyl (C=O) groups is 1. The summed E-state index contributed by atoms with van der Waals surface area (Å²) in [5.74, 6) is 0.937. The molecule has 1 aromatic carbocycles. The Morgan fingerprint density at radius 2 is 2.14 bits per heavy atom. The minimum Gasteiger partial charge on any atom is -0.360 e. The number of fused-ring (bicyclic) bond motifs is 1. The number of anilines is 1. The molecule has 1 aliphatic carbocycles. The van der Waals surface area contributed by atoms with Crippen LogP contribution in [0.5, 0.6) is 0 Å². The van der Waals surface area contributed by atoms with Crippen LogP contribution in [0.4, 0.5) is 5.69 Å². The van der Waals surface area contributed by atoms with Gasteiger partial charge in [-0.3, -0.25) is 4.79 Å². The molecule has 0 saturated heterocycles. The normalized spacial score (nSPS) is 19.2. The van der Waals surface area contributed by atoms with Gasteiger partial charge in [0.1, 0.15) is 17.8 Å². The van der Waals surface area contributed by atoms with Crippen LogP contribution in [0.3, 0.4) is 0 Å². The van der Waals surface area contributed by atoms with E-state index >= 15 is 0 Å². The Bertz CT molecular complexity index is 1440. The van der Waals surface area contributed by atoms with Gasteiger partial charge in [-0.05, 0) is 54.2 Å². The van der Waals surface area contributed by atoms with Gasteiger partial charge in [-0.1, -0.05) is 26.0 Å². The van der Waals surface area contributed by atoms with Crippen molar-refractivity contribution in [3.8, 4) is 6.07 Å². The molecule has 4 aromatic rings. The number of aryl methyl sites for hydroxylation is 1. The number of rotatable bonds is 8. The molecule has 0 radical (unpaired) electrons. The third-order valence-corrected chi connectivity index (χ3v) is 7.00. The largest absolute Gasteiger partial charge is 0.360 e. The molecule has 9 nitrogen and oxygen atoms in total. The monoisotopic (exact) mass is 482 g/mol. The minimum atomic E-state index is -0.328. The van der Waals surface area contributed by atoms with E-state index in [1.54, 1.807) is 6.33 Å². The summed E-state index contributed by atoms with van der Waals surface area (Å²) in [4.78, 5) is 21.1. The molecular weight excluding hydrogens is 452 g/mol. The van der Waals surface area contributed by atoms with Crippen molar-refractivity contribution in [3.05, 3.63) is 71.6 Å². The van der Waals surface area contributed by atoms with Crippen molar-refractivity contribution < 1.29 is 4.79 Å². The molecule has 0 atom stereocenters. The highest BCUT2D eigenvalue weighted by molar-refractivity contribution is 6.04. The quantitative estimate of drug-likeness (QED) is 0.348. The summed E-state index contributed by atoms with van der Waals surface area (Å²) in [6.45, 7) is 4.81. The zero-order valence-electron chi connectivity index (χ0n) is 20.7. The van der Waals surface area contributed by atoms with E-state index in [1.165, 1.54) is 0 Å². The van der Waals surface area contributed by atoms with Crippen LogP contribution in [-0.4, -0.2) is 36.7 Å². The molecule has 0 bridgehead atoms. The lowest BCUT2D eigenvalue weighted by molar-refractivity contribution is 0.102. The number of nitrogens with one attached hydrogen (secondary N) is 3. The molecule has 9 heteroatoms. The number of aromatic amines is 1. The van der Waals surface area contributed by atoms with Crippen molar-refractivity contribution in [2.75, 3.05) is 5.32 Å². The predicted octanol–water partition coefficient (Wildman–Crippen LogP) is 4.05. The first kappa shape index (κ1) is 23.7. The van der Waals surface area contributed by atoms with E-state index in [0.29, 0.717) is 36.3 Å². The molecule has 1 saturated carbocycles. The fourth-order valence-electron chi connectivity index (χ4n) is 5.23. The van der Waals surface area contributed by atoms with Crippen LogP contribution < -0.4 is 10.6 Å². The van der Waals surface area contributed by atoms with Crippen LogP contribution in [0.25, 0.3) is 11.0 Å². The number of carbonyl (C=O) groups excluding carboxylic acids is 1. The van der Waals surface area contributed by atoms with Crippen molar-refractivity contribution in [1.82, 2.24) is 30.0 Å². The number of pyridine rings is 1. The van der Waals surface area contributed by atoms with Gasteiger partial charge in [0.15, 0.2) is 0 Å². The van der Waals surface area contributed by atoms with Crippen molar-refractivity contribution in [3.63, 3.8) is 0 Å². The number of aromatic nitrogens is 5. The molecule has 1 aliphatic rings. The maximum atomic E-state index is 13.3. The average Bonchev–Trinajstić information content (AvgIpc) is 3.48. The smallest absolute Gasteiger partial charge is 0.274 e. The highest BCUT2D eigenvalue weighted by atomic mass is 16.1. The Kier molecular flexibility index (Phi) is 6.29. The van der Waals surface area contributed by atoms with E-state index in [-0.39, 0.29) is 11.3 Å². The number of nitrogens with zero attached hydrogens (tertiary/aromatic N) is 5. The number of benzene rings is 1. The summed E-state index contributed by atoms with van der Waals surface area (Å²) in [7, 11) is 1.94. The second-order valence-corrected chi connectivity index (χ2v) is 9.96. The number of nitriles is 1. The van der Waals surface area contributed by atoms with Gasteiger partial charge in [-0.25, -0.2) is 4.98 Å². The molecule has 36 heavy (non-hydrogen) atoms. The Labute approximate surface area is 210 Å². The van der Waals surface area contributed by atoms with Crippen molar-refractivity contribution >= 4 is 22.6 Å². The Morgan fingerprint density at radius 1 is 1.31 bits per heavy atom. The molecule has 1 amide bonds. The zero-order chi connectivity index (χ0) is 25.3. The molecule has 184 valence electrons. The van der Waals surface area contributed by atoms with Gasteiger partial charge in [0.05, 0.1) is 22.5 Å². The van der Waals surface area contributed by atoms with E-state index in [0.717, 1.165) is 40.8 Å². The number of hydrogen-bond donors (Lipinski definition) is 3. The van der Waals surface area contributed by atoms with Crippen molar-refractivity contribution in [1.29, 1.82) is 5.26 Å². The van der Waals surface area contributed by atoms with Crippen molar-refractivity contribution in [2.24, 2.45) is 13.0 Å². The van der Waals surface area contributed by atoms with E-state index in [9.17, 15) is 4.79 Å². The molecule has 0 aliphatic heterocycles. The van der Waals surface area contributed by atoms with Crippen LogP contribution in [0.1, 0.15) is 60.5 Å². The van der Waals surface area contributed by atoms with Gasteiger partial charge in [0, 0.05) is 37.9 Å². The molecule has 3 heterocycles. The Balaban J connectivity index is 1.42. The topological polar surface area (TPSA) is 124 Å². The van der Waals surface area contributed by atoms with Gasteiger partial charge in [-0.2, -0.15) is 5.26 Å². The molecule has 3 N–H and O–H groups in total. The third kappa shape index (κ3) is 4.36. The molecule has 1 fully saturated rings. The summed E-state index contributed by atoms with van der Waals surface area (Å²) in [6, 6.07) is 14.2. The lowest BCUT2D eigenvalue weighted by Gasteiger charge is -2.46. The lowest BCUT2D eigenvalue weighted by atomic mass is 9.57. The summed E-state index contributed by atoms with van der Waals surface area (Å²) in [6.07, 6.45) is 5.71. The van der Waals surface area contributed by atoms with E-state index in [4.69, 9.17) is 5.26 Å². The maximum absolute atomic E-state index is 13.3. The van der Waals surface area contributed by atoms with Gasteiger partial charge < -0.3 is 20.2 Å². The number of amides is 1. The highest BCUT2D eigenvalue weighted by Crippen LogP contribution is 2.53. The molecular formula is C27H30N8O. The first-order valence-corrected chi connectivity index (χ1v) is 12.2. The second-order valence-electron chi connectivity index (χ2n) is 9.96. The summed E-state index contributed by atoms with van der Waals surface area (Å²) in [5, 5.41) is 24.1. The van der Waals surface area contributed by atoms with Gasteiger partial charge in [0.2, 0.25) is 0 Å². The standard InChI is InChI=1S/C27H30N8O/c1-17(2)30-15-19-11-23(33-22-8-10-29-24(19)22)25(36)32-21-6-4-5-20(12-21)27(13-18(14-27)7-9-28)26-34-31-16-35(26)3/h4-6,8,10-12,16-18,29-30H,7,13-15H2,1-3H3,(H,32,36). The summed E-state index contributed by atoms with van der Waals surface area (Å²) in [5.41, 5.74) is 4.49. The highest BCUT2D eigenvalue weighted by Gasteiger charge is 2.49. The fourth-order valence-corrected chi connectivity index (χ4v) is 5.23. The van der Waals surface area contributed by atoms with E-state index in [2.05, 4.69) is 56.8 Å². The molecule has 5 rings (SSSR count). The van der Waals surface area contributed by atoms with Gasteiger partial charge in [-0.15, -0.1) is 10.2 Å². The SMILES string of the molecule is CC(C)NCc1cc(C(=O)Nc2cccc(C3(c4nncn4C)CC(CC#N)C3)c2)nc2cc[nH]c12. The fraction of sp³-hybridized carbons (Fsp3) is 0.370. The van der Waals surface area contributed by atoms with Crippen LogP contribution in [0.2, 0.25) is 0 Å². The van der Waals surface area contributed by atoms with Crippen molar-refractivity contribution in [2.45, 2.75) is 51.1 Å².